The van der Waals surface area contributed by atoms with E-state index in [0.29, 0.717) is 23.2 Å². The first kappa shape index (κ1) is 21.6. The fraction of sp³-hybridized carbons (Fsp3) is 0.263. The van der Waals surface area contributed by atoms with Gasteiger partial charge in [-0.25, -0.2) is 4.39 Å². The second-order valence-electron chi connectivity index (χ2n) is 5.61. The van der Waals surface area contributed by atoms with Crippen LogP contribution in [0.1, 0.15) is 28.8 Å². The first-order chi connectivity index (χ1) is 12.1. The van der Waals surface area contributed by atoms with E-state index in [1.54, 1.807) is 42.5 Å². The predicted molar refractivity (Wildman–Crippen MR) is 103 cm³/mol. The van der Waals surface area contributed by atoms with Crippen LogP contribution in [0.15, 0.2) is 48.5 Å². The Morgan fingerprint density at radius 2 is 1.73 bits per heavy atom. The summed E-state index contributed by atoms with van der Waals surface area (Å²) in [5.74, 6) is -0.707. The van der Waals surface area contributed by atoms with Gasteiger partial charge in [-0.05, 0) is 50.3 Å². The van der Waals surface area contributed by atoms with E-state index in [1.807, 2.05) is 7.05 Å². The van der Waals surface area contributed by atoms with E-state index in [2.05, 4.69) is 16.0 Å². The summed E-state index contributed by atoms with van der Waals surface area (Å²) in [5.41, 5.74) is 1.52. The summed E-state index contributed by atoms with van der Waals surface area (Å²) in [4.78, 5) is 23.9. The standard InChI is InChI=1S/C19H22FN3O2.ClH/c1-21-12-4-7-18(24)23-16-10-8-14(9-11-16)19(25)22-13-15-5-2-3-6-17(15)20;/h2-3,5-6,8-11,21H,4,7,12-13H2,1H3,(H,22,25)(H,23,24);1H. The molecule has 0 atom stereocenters. The molecule has 5 nitrogen and oxygen atoms in total. The zero-order valence-corrected chi connectivity index (χ0v) is 15.4. The van der Waals surface area contributed by atoms with Crippen molar-refractivity contribution in [2.45, 2.75) is 19.4 Å². The minimum absolute atomic E-state index is 0. The van der Waals surface area contributed by atoms with Crippen LogP contribution in [0.2, 0.25) is 0 Å². The Bertz CT molecular complexity index is 723. The molecule has 0 saturated carbocycles. The zero-order valence-electron chi connectivity index (χ0n) is 14.5. The van der Waals surface area contributed by atoms with Gasteiger partial charge in [0.15, 0.2) is 0 Å². The molecule has 26 heavy (non-hydrogen) atoms. The van der Waals surface area contributed by atoms with Gasteiger partial charge in [0.1, 0.15) is 5.82 Å². The molecule has 0 radical (unpaired) electrons. The highest BCUT2D eigenvalue weighted by atomic mass is 35.5. The van der Waals surface area contributed by atoms with Gasteiger partial charge >= 0.3 is 0 Å². The average Bonchev–Trinajstić information content (AvgIpc) is 2.61. The number of amides is 2. The fourth-order valence-electron chi connectivity index (χ4n) is 2.27. The van der Waals surface area contributed by atoms with Gasteiger partial charge < -0.3 is 16.0 Å². The molecule has 2 aromatic carbocycles. The summed E-state index contributed by atoms with van der Waals surface area (Å²) in [6, 6.07) is 12.9. The lowest BCUT2D eigenvalue weighted by atomic mass is 10.1. The van der Waals surface area contributed by atoms with E-state index in [-0.39, 0.29) is 36.6 Å². The molecule has 0 aliphatic heterocycles. The first-order valence-electron chi connectivity index (χ1n) is 8.16. The second-order valence-corrected chi connectivity index (χ2v) is 5.61. The van der Waals surface area contributed by atoms with Crippen LogP contribution in [0.3, 0.4) is 0 Å². The largest absolute Gasteiger partial charge is 0.348 e. The molecule has 2 aromatic rings. The number of benzene rings is 2. The number of carbonyl (C=O) groups is 2. The Morgan fingerprint density at radius 3 is 2.38 bits per heavy atom. The van der Waals surface area contributed by atoms with Crippen molar-refractivity contribution in [1.82, 2.24) is 10.6 Å². The number of carbonyl (C=O) groups excluding carboxylic acids is 2. The molecule has 140 valence electrons. The van der Waals surface area contributed by atoms with Crippen LogP contribution in [-0.4, -0.2) is 25.4 Å². The molecule has 7 heteroatoms. The third kappa shape index (κ3) is 6.82. The highest BCUT2D eigenvalue weighted by Crippen LogP contribution is 2.11. The molecule has 3 N–H and O–H groups in total. The third-order valence-electron chi connectivity index (χ3n) is 3.66. The Labute approximate surface area is 158 Å². The number of halogens is 2. The molecule has 0 aliphatic rings. The normalized spacial score (nSPS) is 9.92. The number of nitrogens with one attached hydrogen (secondary N) is 3. The molecule has 0 bridgehead atoms. The molecular weight excluding hydrogens is 357 g/mol. The lowest BCUT2D eigenvalue weighted by Gasteiger charge is -2.08. The van der Waals surface area contributed by atoms with Gasteiger partial charge in [0.05, 0.1) is 0 Å². The molecule has 0 aliphatic carbocycles. The van der Waals surface area contributed by atoms with Crippen LogP contribution in [0.4, 0.5) is 10.1 Å². The molecular formula is C19H23ClFN3O2. The minimum Gasteiger partial charge on any atom is -0.348 e. The summed E-state index contributed by atoms with van der Waals surface area (Å²) in [5, 5.41) is 8.45. The molecule has 0 heterocycles. The van der Waals surface area contributed by atoms with Gasteiger partial charge in [0.2, 0.25) is 5.91 Å². The topological polar surface area (TPSA) is 70.2 Å². The van der Waals surface area contributed by atoms with Crippen molar-refractivity contribution in [3.8, 4) is 0 Å². The van der Waals surface area contributed by atoms with Crippen molar-refractivity contribution in [1.29, 1.82) is 0 Å². The summed E-state index contributed by atoms with van der Waals surface area (Å²) >= 11 is 0. The van der Waals surface area contributed by atoms with Gasteiger partial charge in [-0.2, -0.15) is 0 Å². The summed E-state index contributed by atoms with van der Waals surface area (Å²) in [6.45, 7) is 0.907. The lowest BCUT2D eigenvalue weighted by Crippen LogP contribution is -2.23. The van der Waals surface area contributed by atoms with Crippen LogP contribution in [0, 0.1) is 5.82 Å². The molecule has 2 rings (SSSR count). The highest BCUT2D eigenvalue weighted by Gasteiger charge is 2.08. The molecule has 0 unspecified atom stereocenters. The summed E-state index contributed by atoms with van der Waals surface area (Å²) in [6.07, 6.45) is 1.20. The average molecular weight is 380 g/mol. The van der Waals surface area contributed by atoms with Crippen LogP contribution in [0.25, 0.3) is 0 Å². The summed E-state index contributed by atoms with van der Waals surface area (Å²) in [7, 11) is 1.84. The van der Waals surface area contributed by atoms with Crippen LogP contribution >= 0.6 is 12.4 Å². The monoisotopic (exact) mass is 379 g/mol. The molecule has 0 fully saturated rings. The maximum Gasteiger partial charge on any atom is 0.251 e. The lowest BCUT2D eigenvalue weighted by molar-refractivity contribution is -0.116. The number of hydrogen-bond acceptors (Lipinski definition) is 3. The van der Waals surface area contributed by atoms with E-state index in [1.165, 1.54) is 6.07 Å². The van der Waals surface area contributed by atoms with Crippen molar-refractivity contribution in [2.75, 3.05) is 18.9 Å². The van der Waals surface area contributed by atoms with E-state index in [9.17, 15) is 14.0 Å². The molecule has 0 spiro atoms. The Morgan fingerprint density at radius 1 is 1.04 bits per heavy atom. The molecule has 0 saturated heterocycles. The quantitative estimate of drug-likeness (QED) is 0.617. The van der Waals surface area contributed by atoms with Crippen LogP contribution in [-0.2, 0) is 11.3 Å². The van der Waals surface area contributed by atoms with E-state index >= 15 is 0 Å². The van der Waals surface area contributed by atoms with Gasteiger partial charge in [0.25, 0.3) is 5.91 Å². The maximum atomic E-state index is 13.5. The Balaban J connectivity index is 0.00000338. The smallest absolute Gasteiger partial charge is 0.251 e. The van der Waals surface area contributed by atoms with Crippen molar-refractivity contribution >= 4 is 29.9 Å². The number of anilines is 1. The SMILES string of the molecule is CNCCCC(=O)Nc1ccc(C(=O)NCc2ccccc2F)cc1.Cl. The van der Waals surface area contributed by atoms with Crippen molar-refractivity contribution < 1.29 is 14.0 Å². The van der Waals surface area contributed by atoms with E-state index in [0.717, 1.165) is 13.0 Å². The highest BCUT2D eigenvalue weighted by molar-refractivity contribution is 5.95. The van der Waals surface area contributed by atoms with Crippen molar-refractivity contribution in [3.05, 3.63) is 65.5 Å². The number of hydrogen-bond donors (Lipinski definition) is 3. The summed E-state index contributed by atoms with van der Waals surface area (Å²) < 4.78 is 13.5. The van der Waals surface area contributed by atoms with Crippen LogP contribution in [0.5, 0.6) is 0 Å². The Hall–Kier alpha value is -2.44. The van der Waals surface area contributed by atoms with Crippen molar-refractivity contribution in [3.63, 3.8) is 0 Å². The van der Waals surface area contributed by atoms with Gasteiger partial charge in [-0.1, -0.05) is 18.2 Å². The van der Waals surface area contributed by atoms with E-state index in [4.69, 9.17) is 0 Å². The van der Waals surface area contributed by atoms with Gasteiger partial charge in [-0.3, -0.25) is 9.59 Å². The molecule has 0 aromatic heterocycles. The third-order valence-corrected chi connectivity index (χ3v) is 3.66. The maximum absolute atomic E-state index is 13.5. The van der Waals surface area contributed by atoms with Gasteiger partial charge in [0, 0.05) is 29.8 Å². The van der Waals surface area contributed by atoms with Crippen LogP contribution < -0.4 is 16.0 Å². The first-order valence-corrected chi connectivity index (χ1v) is 8.16. The molecule has 2 amide bonds. The zero-order chi connectivity index (χ0) is 18.1. The minimum atomic E-state index is -0.348. The fourth-order valence-corrected chi connectivity index (χ4v) is 2.27. The number of rotatable bonds is 8. The van der Waals surface area contributed by atoms with Gasteiger partial charge in [-0.15, -0.1) is 12.4 Å². The van der Waals surface area contributed by atoms with Crippen molar-refractivity contribution in [2.24, 2.45) is 0 Å². The van der Waals surface area contributed by atoms with E-state index < -0.39 is 0 Å². The second kappa shape index (κ2) is 11.2. The Kier molecular flexibility index (Phi) is 9.33. The predicted octanol–water partition coefficient (Wildman–Crippen LogP) is 3.12.